The number of methoxy groups -OCH3 is 1. The molecule has 5 nitrogen and oxygen atoms in total. The Bertz CT molecular complexity index is 595. The summed E-state index contributed by atoms with van der Waals surface area (Å²) in [5, 5.41) is 12.4. The van der Waals surface area contributed by atoms with Gasteiger partial charge in [0.25, 0.3) is 0 Å². The second-order valence-corrected chi connectivity index (χ2v) is 3.66. The van der Waals surface area contributed by atoms with Crippen molar-refractivity contribution < 1.29 is 19.0 Å². The van der Waals surface area contributed by atoms with E-state index in [4.69, 9.17) is 4.74 Å². The van der Waals surface area contributed by atoms with Gasteiger partial charge in [0.1, 0.15) is 5.75 Å². The van der Waals surface area contributed by atoms with E-state index in [1.54, 1.807) is 18.2 Å². The topological polar surface area (TPSA) is 62.5 Å². The Balaban J connectivity index is 2.62. The van der Waals surface area contributed by atoms with Gasteiger partial charge < -0.3 is 14.7 Å². The summed E-state index contributed by atoms with van der Waals surface area (Å²) in [7, 11) is 1.30. The Morgan fingerprint density at radius 3 is 2.83 bits per heavy atom. The normalized spacial score (nSPS) is 10.3. The molecule has 0 amide bonds. The Kier molecular flexibility index (Phi) is 3.32. The number of aromatic nitrogens is 1. The molecule has 0 aliphatic carbocycles. The third kappa shape index (κ3) is 2.07. The molecule has 0 saturated heterocycles. The molecule has 0 bridgehead atoms. The van der Waals surface area contributed by atoms with Gasteiger partial charge in [-0.25, -0.2) is 4.79 Å². The number of hydrogen-bond donors (Lipinski definition) is 0. The first kappa shape index (κ1) is 12.2. The quantitative estimate of drug-likeness (QED) is 0.470. The average Bonchev–Trinajstić information content (AvgIpc) is 2.41. The molecule has 0 spiro atoms. The van der Waals surface area contributed by atoms with Crippen molar-refractivity contribution in [3.8, 4) is 5.75 Å². The number of nitrogens with zero attached hydrogens (tertiary/aromatic N) is 1. The number of benzene rings is 1. The number of hydrogen-bond acceptors (Lipinski definition) is 4. The first-order valence-electron chi connectivity index (χ1n) is 5.54. The van der Waals surface area contributed by atoms with E-state index in [0.717, 1.165) is 0 Å². The first-order valence-corrected chi connectivity index (χ1v) is 5.54. The molecule has 2 rings (SSSR count). The van der Waals surface area contributed by atoms with Crippen LogP contribution in [0.25, 0.3) is 10.9 Å². The van der Waals surface area contributed by atoms with Crippen LogP contribution in [0.15, 0.2) is 30.5 Å². The monoisotopic (exact) mass is 247 g/mol. The van der Waals surface area contributed by atoms with Gasteiger partial charge in [0.05, 0.1) is 24.7 Å². The zero-order valence-electron chi connectivity index (χ0n) is 10.2. The predicted molar refractivity (Wildman–Crippen MR) is 65.4 cm³/mol. The molecule has 5 heteroatoms. The van der Waals surface area contributed by atoms with Crippen LogP contribution in [0.4, 0.5) is 0 Å². The molecule has 0 unspecified atom stereocenters. The van der Waals surface area contributed by atoms with Gasteiger partial charge in [-0.2, -0.15) is 4.73 Å². The number of ether oxygens (including phenoxy) is 2. The van der Waals surface area contributed by atoms with E-state index in [1.807, 2.05) is 6.92 Å². The molecule has 1 aromatic carbocycles. The Morgan fingerprint density at radius 1 is 1.39 bits per heavy atom. The van der Waals surface area contributed by atoms with Gasteiger partial charge in [0.15, 0.2) is 6.20 Å². The summed E-state index contributed by atoms with van der Waals surface area (Å²) in [6, 6.07) is 6.39. The molecule has 0 fully saturated rings. The SMILES string of the molecule is CCOc1cc[n+]([O-])c2cc(C(=O)OC)ccc12. The molecule has 0 aliphatic heterocycles. The molecular weight excluding hydrogens is 234 g/mol. The molecule has 1 heterocycles. The van der Waals surface area contributed by atoms with Crippen LogP contribution >= 0.6 is 0 Å². The van der Waals surface area contributed by atoms with Gasteiger partial charge in [0.2, 0.25) is 5.52 Å². The summed E-state index contributed by atoms with van der Waals surface area (Å²) in [6.07, 6.45) is 1.36. The lowest BCUT2D eigenvalue weighted by Gasteiger charge is -2.08. The fraction of sp³-hybridized carbons (Fsp3) is 0.231. The molecule has 94 valence electrons. The summed E-state index contributed by atoms with van der Waals surface area (Å²) in [5.74, 6) is 0.148. The molecule has 0 radical (unpaired) electrons. The molecule has 0 atom stereocenters. The number of esters is 1. The minimum Gasteiger partial charge on any atom is -0.618 e. The fourth-order valence-electron chi connectivity index (χ4n) is 1.75. The maximum atomic E-state index is 11.7. The summed E-state index contributed by atoms with van der Waals surface area (Å²) < 4.78 is 10.8. The number of rotatable bonds is 3. The second-order valence-electron chi connectivity index (χ2n) is 3.66. The third-order valence-corrected chi connectivity index (χ3v) is 2.58. The first-order chi connectivity index (χ1) is 8.67. The van der Waals surface area contributed by atoms with E-state index in [9.17, 15) is 10.0 Å². The van der Waals surface area contributed by atoms with Gasteiger partial charge in [0, 0.05) is 12.1 Å². The van der Waals surface area contributed by atoms with Crippen molar-refractivity contribution in [2.24, 2.45) is 0 Å². The molecule has 2 aromatic rings. The van der Waals surface area contributed by atoms with Crippen molar-refractivity contribution in [2.45, 2.75) is 6.92 Å². The van der Waals surface area contributed by atoms with Crippen LogP contribution in [0.1, 0.15) is 17.3 Å². The van der Waals surface area contributed by atoms with Gasteiger partial charge in [-0.05, 0) is 19.1 Å². The lowest BCUT2D eigenvalue weighted by molar-refractivity contribution is -0.577. The summed E-state index contributed by atoms with van der Waals surface area (Å²) in [5.41, 5.74) is 0.715. The highest BCUT2D eigenvalue weighted by atomic mass is 16.5. The van der Waals surface area contributed by atoms with Crippen LogP contribution in [0, 0.1) is 5.21 Å². The van der Waals surface area contributed by atoms with Crippen molar-refractivity contribution in [3.63, 3.8) is 0 Å². The standard InChI is InChI=1S/C13H13NO4/c1-3-18-12-6-7-14(16)11-8-9(13(15)17-2)4-5-10(11)12/h4-8H,3H2,1-2H3. The Morgan fingerprint density at radius 2 is 2.17 bits per heavy atom. The largest absolute Gasteiger partial charge is 0.618 e. The van der Waals surface area contributed by atoms with E-state index < -0.39 is 5.97 Å². The third-order valence-electron chi connectivity index (χ3n) is 2.58. The zero-order chi connectivity index (χ0) is 13.1. The molecule has 0 aliphatic rings. The van der Waals surface area contributed by atoms with E-state index in [1.165, 1.54) is 19.4 Å². The van der Waals surface area contributed by atoms with Crippen molar-refractivity contribution in [2.75, 3.05) is 13.7 Å². The average molecular weight is 247 g/mol. The van der Waals surface area contributed by atoms with Crippen molar-refractivity contribution >= 4 is 16.9 Å². The maximum Gasteiger partial charge on any atom is 0.338 e. The van der Waals surface area contributed by atoms with E-state index >= 15 is 0 Å². The highest BCUT2D eigenvalue weighted by molar-refractivity contribution is 5.94. The minimum atomic E-state index is -0.473. The van der Waals surface area contributed by atoms with E-state index in [-0.39, 0.29) is 0 Å². The molecule has 18 heavy (non-hydrogen) atoms. The highest BCUT2D eigenvalue weighted by Gasteiger charge is 2.14. The van der Waals surface area contributed by atoms with Crippen LogP contribution in [0.3, 0.4) is 0 Å². The van der Waals surface area contributed by atoms with E-state index in [0.29, 0.717) is 33.6 Å². The molecular formula is C13H13NO4. The Hall–Kier alpha value is -2.30. The predicted octanol–water partition coefficient (Wildman–Crippen LogP) is 1.66. The minimum absolute atomic E-state index is 0.336. The van der Waals surface area contributed by atoms with Gasteiger partial charge in [-0.1, -0.05) is 0 Å². The number of carbonyl (C=O) groups excluding carboxylic acids is 1. The van der Waals surface area contributed by atoms with Crippen LogP contribution in [0.2, 0.25) is 0 Å². The summed E-state index contributed by atoms with van der Waals surface area (Å²) >= 11 is 0. The zero-order valence-corrected chi connectivity index (χ0v) is 10.2. The van der Waals surface area contributed by atoms with Crippen molar-refractivity contribution in [1.82, 2.24) is 0 Å². The highest BCUT2D eigenvalue weighted by Crippen LogP contribution is 2.23. The van der Waals surface area contributed by atoms with Crippen molar-refractivity contribution in [3.05, 3.63) is 41.2 Å². The van der Waals surface area contributed by atoms with Crippen LogP contribution in [0.5, 0.6) is 5.75 Å². The summed E-state index contributed by atoms with van der Waals surface area (Å²) in [4.78, 5) is 11.4. The van der Waals surface area contributed by atoms with Gasteiger partial charge in [-0.3, -0.25) is 0 Å². The van der Waals surface area contributed by atoms with Gasteiger partial charge >= 0.3 is 5.97 Å². The molecule has 0 saturated carbocycles. The number of carbonyl (C=O) groups is 1. The lowest BCUT2D eigenvalue weighted by atomic mass is 10.1. The molecule has 0 N–H and O–H groups in total. The van der Waals surface area contributed by atoms with Gasteiger partial charge in [-0.15, -0.1) is 0 Å². The van der Waals surface area contributed by atoms with Crippen LogP contribution in [-0.4, -0.2) is 19.7 Å². The second kappa shape index (κ2) is 4.91. The molecule has 1 aromatic heterocycles. The van der Waals surface area contributed by atoms with E-state index in [2.05, 4.69) is 4.74 Å². The number of fused-ring (bicyclic) bond motifs is 1. The van der Waals surface area contributed by atoms with Crippen molar-refractivity contribution in [1.29, 1.82) is 0 Å². The summed E-state index contributed by atoms with van der Waals surface area (Å²) in [6.45, 7) is 2.38. The Labute approximate surface area is 104 Å². The lowest BCUT2D eigenvalue weighted by Crippen LogP contribution is -2.26. The number of pyridine rings is 1. The fourth-order valence-corrected chi connectivity index (χ4v) is 1.75. The van der Waals surface area contributed by atoms with Crippen LogP contribution < -0.4 is 9.47 Å². The van der Waals surface area contributed by atoms with Crippen LogP contribution in [-0.2, 0) is 4.74 Å². The smallest absolute Gasteiger partial charge is 0.338 e. The maximum absolute atomic E-state index is 11.7.